The van der Waals surface area contributed by atoms with Crippen LogP contribution in [-0.4, -0.2) is 26.1 Å². The number of hydrogen-bond donors (Lipinski definition) is 1. The van der Waals surface area contributed by atoms with E-state index in [0.29, 0.717) is 5.95 Å². The van der Waals surface area contributed by atoms with E-state index in [0.717, 1.165) is 30.0 Å². The summed E-state index contributed by atoms with van der Waals surface area (Å²) in [6.07, 6.45) is 2.66. The van der Waals surface area contributed by atoms with Gasteiger partial charge in [-0.25, -0.2) is 4.52 Å². The summed E-state index contributed by atoms with van der Waals surface area (Å²) in [4.78, 5) is 8.71. The first-order chi connectivity index (χ1) is 9.33. The van der Waals surface area contributed by atoms with Crippen LogP contribution in [0, 0.1) is 6.92 Å². The van der Waals surface area contributed by atoms with E-state index < -0.39 is 0 Å². The maximum atomic E-state index is 4.43. The van der Waals surface area contributed by atoms with Gasteiger partial charge in [-0.05, 0) is 31.2 Å². The molecule has 0 fully saturated rings. The molecule has 0 aliphatic rings. The van der Waals surface area contributed by atoms with Crippen molar-refractivity contribution in [3.8, 4) is 0 Å². The summed E-state index contributed by atoms with van der Waals surface area (Å²) >= 11 is 0. The van der Waals surface area contributed by atoms with Gasteiger partial charge in [-0.3, -0.25) is 4.98 Å². The van der Waals surface area contributed by atoms with Crippen LogP contribution in [0.15, 0.2) is 42.6 Å². The summed E-state index contributed by atoms with van der Waals surface area (Å²) in [6.45, 7) is 2.78. The van der Waals surface area contributed by atoms with E-state index in [-0.39, 0.29) is 0 Å². The van der Waals surface area contributed by atoms with E-state index in [2.05, 4.69) is 20.4 Å². The Kier molecular flexibility index (Phi) is 3.10. The molecule has 3 aromatic heterocycles. The molecule has 0 atom stereocenters. The standard InChI is InChI=1S/C14H15N5/c1-11-5-4-7-13-17-14(18-19(11)13)16-10-8-12-6-2-3-9-15-12/h2-7,9H,8,10H2,1H3,(H,16,18). The van der Waals surface area contributed by atoms with Crippen molar-refractivity contribution in [1.29, 1.82) is 0 Å². The van der Waals surface area contributed by atoms with E-state index in [1.54, 1.807) is 0 Å². The van der Waals surface area contributed by atoms with Gasteiger partial charge >= 0.3 is 0 Å². The molecule has 0 aliphatic carbocycles. The van der Waals surface area contributed by atoms with Crippen LogP contribution in [0.2, 0.25) is 0 Å². The molecule has 0 unspecified atom stereocenters. The fourth-order valence-electron chi connectivity index (χ4n) is 1.96. The van der Waals surface area contributed by atoms with Gasteiger partial charge in [0, 0.05) is 30.6 Å². The molecule has 5 nitrogen and oxygen atoms in total. The number of nitrogens with zero attached hydrogens (tertiary/aromatic N) is 4. The Labute approximate surface area is 111 Å². The van der Waals surface area contributed by atoms with E-state index >= 15 is 0 Å². The van der Waals surface area contributed by atoms with Crippen molar-refractivity contribution in [1.82, 2.24) is 19.6 Å². The van der Waals surface area contributed by atoms with Crippen molar-refractivity contribution in [3.63, 3.8) is 0 Å². The van der Waals surface area contributed by atoms with Crippen molar-refractivity contribution < 1.29 is 0 Å². The smallest absolute Gasteiger partial charge is 0.243 e. The van der Waals surface area contributed by atoms with Crippen molar-refractivity contribution >= 4 is 11.6 Å². The van der Waals surface area contributed by atoms with Crippen molar-refractivity contribution in [2.24, 2.45) is 0 Å². The third-order valence-corrected chi connectivity index (χ3v) is 2.94. The van der Waals surface area contributed by atoms with Crippen molar-refractivity contribution in [3.05, 3.63) is 54.0 Å². The number of hydrogen-bond acceptors (Lipinski definition) is 4. The lowest BCUT2D eigenvalue weighted by atomic mass is 10.3. The van der Waals surface area contributed by atoms with Crippen molar-refractivity contribution in [2.75, 3.05) is 11.9 Å². The second-order valence-electron chi connectivity index (χ2n) is 4.37. The predicted molar refractivity (Wildman–Crippen MR) is 74.2 cm³/mol. The van der Waals surface area contributed by atoms with E-state index in [9.17, 15) is 0 Å². The zero-order chi connectivity index (χ0) is 13.1. The molecule has 96 valence electrons. The van der Waals surface area contributed by atoms with Gasteiger partial charge in [-0.2, -0.15) is 4.98 Å². The maximum Gasteiger partial charge on any atom is 0.243 e. The highest BCUT2D eigenvalue weighted by Gasteiger charge is 2.04. The highest BCUT2D eigenvalue weighted by atomic mass is 15.3. The summed E-state index contributed by atoms with van der Waals surface area (Å²) in [5.74, 6) is 0.658. The highest BCUT2D eigenvalue weighted by molar-refractivity contribution is 5.44. The SMILES string of the molecule is Cc1cccc2nc(NCCc3ccccn3)nn12. The summed E-state index contributed by atoms with van der Waals surface area (Å²) < 4.78 is 1.84. The molecule has 0 saturated carbocycles. The normalized spacial score (nSPS) is 10.8. The Morgan fingerprint density at radius 3 is 2.89 bits per heavy atom. The minimum atomic E-state index is 0.658. The number of anilines is 1. The van der Waals surface area contributed by atoms with Crippen LogP contribution in [0.4, 0.5) is 5.95 Å². The van der Waals surface area contributed by atoms with Crippen LogP contribution in [0.25, 0.3) is 5.65 Å². The van der Waals surface area contributed by atoms with Gasteiger partial charge in [0.25, 0.3) is 0 Å². The Bertz CT molecular complexity index is 675. The van der Waals surface area contributed by atoms with Crippen LogP contribution in [-0.2, 0) is 6.42 Å². The van der Waals surface area contributed by atoms with Crippen molar-refractivity contribution in [2.45, 2.75) is 13.3 Å². The lowest BCUT2D eigenvalue weighted by Gasteiger charge is -2.00. The van der Waals surface area contributed by atoms with Gasteiger partial charge < -0.3 is 5.32 Å². The molecular formula is C14H15N5. The second kappa shape index (κ2) is 5.06. The van der Waals surface area contributed by atoms with Crippen LogP contribution < -0.4 is 5.32 Å². The third-order valence-electron chi connectivity index (χ3n) is 2.94. The number of pyridine rings is 2. The monoisotopic (exact) mass is 253 g/mol. The lowest BCUT2D eigenvalue weighted by molar-refractivity contribution is 0.897. The van der Waals surface area contributed by atoms with E-state index in [1.165, 1.54) is 0 Å². The first-order valence-corrected chi connectivity index (χ1v) is 6.29. The van der Waals surface area contributed by atoms with Gasteiger partial charge in [0.2, 0.25) is 5.95 Å². The van der Waals surface area contributed by atoms with Crippen LogP contribution >= 0.6 is 0 Å². The molecule has 0 saturated heterocycles. The molecule has 0 aliphatic heterocycles. The minimum Gasteiger partial charge on any atom is -0.353 e. The average molecular weight is 253 g/mol. The number of aromatic nitrogens is 4. The zero-order valence-electron chi connectivity index (χ0n) is 10.7. The zero-order valence-corrected chi connectivity index (χ0v) is 10.7. The first kappa shape index (κ1) is 11.6. The predicted octanol–water partition coefficient (Wildman–Crippen LogP) is 2.09. The summed E-state index contributed by atoms with van der Waals surface area (Å²) in [5.41, 5.74) is 3.00. The number of aryl methyl sites for hydroxylation is 1. The molecule has 3 heterocycles. The largest absolute Gasteiger partial charge is 0.353 e. The fraction of sp³-hybridized carbons (Fsp3) is 0.214. The van der Waals surface area contributed by atoms with Gasteiger partial charge in [0.1, 0.15) is 0 Å². The quantitative estimate of drug-likeness (QED) is 0.773. The molecular weight excluding hydrogens is 238 g/mol. The topological polar surface area (TPSA) is 55.1 Å². The maximum absolute atomic E-state index is 4.43. The third kappa shape index (κ3) is 2.54. The van der Waals surface area contributed by atoms with E-state index in [4.69, 9.17) is 0 Å². The fourth-order valence-corrected chi connectivity index (χ4v) is 1.96. The molecule has 19 heavy (non-hydrogen) atoms. The highest BCUT2D eigenvalue weighted by Crippen LogP contribution is 2.07. The molecule has 0 bridgehead atoms. The second-order valence-corrected chi connectivity index (χ2v) is 4.37. The van der Waals surface area contributed by atoms with Crippen LogP contribution in [0.1, 0.15) is 11.4 Å². The number of fused-ring (bicyclic) bond motifs is 1. The molecule has 5 heteroatoms. The minimum absolute atomic E-state index is 0.658. The van der Waals surface area contributed by atoms with E-state index in [1.807, 2.05) is 54.0 Å². The Hall–Kier alpha value is -2.43. The summed E-state index contributed by atoms with van der Waals surface area (Å²) in [7, 11) is 0. The van der Waals surface area contributed by atoms with Gasteiger partial charge in [0.05, 0.1) is 0 Å². The number of nitrogens with one attached hydrogen (secondary N) is 1. The van der Waals surface area contributed by atoms with Crippen LogP contribution in [0.5, 0.6) is 0 Å². The Balaban J connectivity index is 1.67. The molecule has 0 radical (unpaired) electrons. The Morgan fingerprint density at radius 1 is 1.16 bits per heavy atom. The average Bonchev–Trinajstić information content (AvgIpc) is 2.84. The van der Waals surface area contributed by atoms with Gasteiger partial charge in [-0.1, -0.05) is 12.1 Å². The summed E-state index contributed by atoms with van der Waals surface area (Å²) in [5, 5.41) is 7.64. The first-order valence-electron chi connectivity index (χ1n) is 6.29. The Morgan fingerprint density at radius 2 is 2.11 bits per heavy atom. The van der Waals surface area contributed by atoms with Gasteiger partial charge in [0.15, 0.2) is 5.65 Å². The molecule has 0 amide bonds. The summed E-state index contributed by atoms with van der Waals surface area (Å²) in [6, 6.07) is 11.9. The number of rotatable bonds is 4. The molecule has 3 rings (SSSR count). The molecule has 0 spiro atoms. The van der Waals surface area contributed by atoms with Gasteiger partial charge in [-0.15, -0.1) is 5.10 Å². The molecule has 1 N–H and O–H groups in total. The molecule has 0 aromatic carbocycles. The molecule has 3 aromatic rings. The van der Waals surface area contributed by atoms with Crippen LogP contribution in [0.3, 0.4) is 0 Å². The lowest BCUT2D eigenvalue weighted by Crippen LogP contribution is -2.07.